The second-order valence-corrected chi connectivity index (χ2v) is 8.00. The highest BCUT2D eigenvalue weighted by Crippen LogP contribution is 2.30. The minimum atomic E-state index is -0.349. The SMILES string of the molecule is O=C(Nc1nnc(SCc2cccs2)s1)c1ccc(O)c(Cl)c1. The number of phenolic OH excluding ortho intramolecular Hbond substituents is 1. The summed E-state index contributed by atoms with van der Waals surface area (Å²) >= 11 is 10.4. The number of halogens is 1. The van der Waals surface area contributed by atoms with E-state index in [0.717, 1.165) is 10.1 Å². The molecule has 1 aromatic carbocycles. The number of benzene rings is 1. The van der Waals surface area contributed by atoms with Gasteiger partial charge in [-0.25, -0.2) is 0 Å². The molecule has 2 heterocycles. The Balaban J connectivity index is 1.61. The molecule has 0 saturated heterocycles. The predicted octanol–water partition coefficient (Wildman–Crippen LogP) is 4.50. The summed E-state index contributed by atoms with van der Waals surface area (Å²) in [5.74, 6) is 0.414. The van der Waals surface area contributed by atoms with Crippen LogP contribution < -0.4 is 5.32 Å². The lowest BCUT2D eigenvalue weighted by atomic mass is 10.2. The topological polar surface area (TPSA) is 75.1 Å². The van der Waals surface area contributed by atoms with Gasteiger partial charge in [0.2, 0.25) is 5.13 Å². The number of aromatic hydroxyl groups is 1. The van der Waals surface area contributed by atoms with E-state index in [-0.39, 0.29) is 16.7 Å². The molecule has 1 amide bonds. The highest BCUT2D eigenvalue weighted by atomic mass is 35.5. The van der Waals surface area contributed by atoms with Gasteiger partial charge in [0.1, 0.15) is 5.75 Å². The van der Waals surface area contributed by atoms with Gasteiger partial charge in [0.25, 0.3) is 5.91 Å². The van der Waals surface area contributed by atoms with Gasteiger partial charge in [-0.05, 0) is 29.6 Å². The Morgan fingerprint density at radius 3 is 2.96 bits per heavy atom. The van der Waals surface area contributed by atoms with Crippen LogP contribution in [-0.2, 0) is 5.75 Å². The van der Waals surface area contributed by atoms with Crippen molar-refractivity contribution in [2.24, 2.45) is 0 Å². The third-order valence-electron chi connectivity index (χ3n) is 2.75. The summed E-state index contributed by atoms with van der Waals surface area (Å²) in [6.45, 7) is 0. The number of hydrogen-bond donors (Lipinski definition) is 2. The molecule has 3 aromatic rings. The summed E-state index contributed by atoms with van der Waals surface area (Å²) in [5.41, 5.74) is 0.343. The molecular formula is C14H10ClN3O2S3. The number of carbonyl (C=O) groups excluding carboxylic acids is 1. The Morgan fingerprint density at radius 1 is 1.35 bits per heavy atom. The molecule has 3 rings (SSSR count). The fourth-order valence-electron chi connectivity index (χ4n) is 1.66. The van der Waals surface area contributed by atoms with Gasteiger partial charge in [-0.3, -0.25) is 10.1 Å². The molecule has 2 aromatic heterocycles. The van der Waals surface area contributed by atoms with Crippen LogP contribution >= 0.6 is 46.0 Å². The highest BCUT2D eigenvalue weighted by molar-refractivity contribution is 8.00. The molecule has 0 bridgehead atoms. The standard InChI is InChI=1S/C14H10ClN3O2S3/c15-10-6-8(3-4-11(10)19)12(20)16-13-17-18-14(23-13)22-7-9-2-1-5-21-9/h1-6,19H,7H2,(H,16,17,20). The molecule has 0 atom stereocenters. The zero-order valence-electron chi connectivity index (χ0n) is 11.5. The lowest BCUT2D eigenvalue weighted by molar-refractivity contribution is 0.102. The van der Waals surface area contributed by atoms with E-state index in [1.54, 1.807) is 23.1 Å². The summed E-state index contributed by atoms with van der Waals surface area (Å²) < 4.78 is 0.789. The van der Waals surface area contributed by atoms with Crippen molar-refractivity contribution in [3.8, 4) is 5.75 Å². The Morgan fingerprint density at radius 2 is 2.22 bits per heavy atom. The minimum absolute atomic E-state index is 0.0635. The van der Waals surface area contributed by atoms with E-state index in [1.807, 2.05) is 11.4 Å². The first-order valence-corrected chi connectivity index (χ1v) is 9.46. The molecule has 118 valence electrons. The van der Waals surface area contributed by atoms with E-state index in [0.29, 0.717) is 10.7 Å². The van der Waals surface area contributed by atoms with Gasteiger partial charge in [-0.15, -0.1) is 21.5 Å². The van der Waals surface area contributed by atoms with Crippen LogP contribution in [0.1, 0.15) is 15.2 Å². The maximum absolute atomic E-state index is 12.1. The summed E-state index contributed by atoms with van der Waals surface area (Å²) in [6, 6.07) is 8.34. The quantitative estimate of drug-likeness (QED) is 0.501. The van der Waals surface area contributed by atoms with Gasteiger partial charge >= 0.3 is 0 Å². The fourth-order valence-corrected chi connectivity index (χ4v) is 4.36. The number of phenols is 1. The van der Waals surface area contributed by atoms with Crippen molar-refractivity contribution in [2.75, 3.05) is 5.32 Å². The van der Waals surface area contributed by atoms with Gasteiger partial charge in [0.15, 0.2) is 4.34 Å². The molecule has 0 aliphatic heterocycles. The number of aromatic nitrogens is 2. The molecule has 2 N–H and O–H groups in total. The molecule has 0 fully saturated rings. The molecule has 5 nitrogen and oxygen atoms in total. The van der Waals surface area contributed by atoms with Crippen LogP contribution in [0.3, 0.4) is 0 Å². The Kier molecular flexibility index (Phi) is 5.16. The summed E-state index contributed by atoms with van der Waals surface area (Å²) in [7, 11) is 0. The normalized spacial score (nSPS) is 10.7. The molecule has 23 heavy (non-hydrogen) atoms. The van der Waals surface area contributed by atoms with Crippen LogP contribution in [-0.4, -0.2) is 21.2 Å². The number of amides is 1. The zero-order chi connectivity index (χ0) is 16.2. The van der Waals surface area contributed by atoms with E-state index >= 15 is 0 Å². The van der Waals surface area contributed by atoms with Crippen molar-refractivity contribution in [2.45, 2.75) is 10.1 Å². The van der Waals surface area contributed by atoms with Crippen molar-refractivity contribution in [1.82, 2.24) is 10.2 Å². The second-order valence-electron chi connectivity index (χ2n) is 4.36. The van der Waals surface area contributed by atoms with E-state index in [1.165, 1.54) is 34.4 Å². The van der Waals surface area contributed by atoms with Crippen molar-refractivity contribution in [1.29, 1.82) is 0 Å². The average Bonchev–Trinajstić information content (AvgIpc) is 3.19. The van der Waals surface area contributed by atoms with Gasteiger partial charge in [0.05, 0.1) is 5.02 Å². The molecule has 0 saturated carbocycles. The van der Waals surface area contributed by atoms with Crippen LogP contribution in [0.5, 0.6) is 5.75 Å². The molecule has 0 radical (unpaired) electrons. The van der Waals surface area contributed by atoms with E-state index in [4.69, 9.17) is 11.6 Å². The van der Waals surface area contributed by atoms with E-state index in [9.17, 15) is 9.90 Å². The minimum Gasteiger partial charge on any atom is -0.506 e. The number of thiophene rings is 1. The maximum Gasteiger partial charge on any atom is 0.257 e. The Bertz CT molecular complexity index is 821. The molecule has 0 aliphatic rings. The number of carbonyl (C=O) groups is 1. The van der Waals surface area contributed by atoms with Crippen LogP contribution in [0, 0.1) is 0 Å². The van der Waals surface area contributed by atoms with Gasteiger partial charge in [0, 0.05) is 16.2 Å². The average molecular weight is 384 g/mol. The van der Waals surface area contributed by atoms with E-state index in [2.05, 4.69) is 21.6 Å². The predicted molar refractivity (Wildman–Crippen MR) is 94.9 cm³/mol. The molecular weight excluding hydrogens is 374 g/mol. The zero-order valence-corrected chi connectivity index (χ0v) is 14.7. The number of rotatable bonds is 5. The van der Waals surface area contributed by atoms with Crippen LogP contribution in [0.2, 0.25) is 5.02 Å². The number of hydrogen-bond acceptors (Lipinski definition) is 7. The molecule has 0 spiro atoms. The van der Waals surface area contributed by atoms with E-state index < -0.39 is 0 Å². The number of anilines is 1. The smallest absolute Gasteiger partial charge is 0.257 e. The highest BCUT2D eigenvalue weighted by Gasteiger charge is 2.12. The van der Waals surface area contributed by atoms with Crippen molar-refractivity contribution in [3.05, 3.63) is 51.2 Å². The van der Waals surface area contributed by atoms with Gasteiger partial charge < -0.3 is 5.11 Å². The van der Waals surface area contributed by atoms with Crippen molar-refractivity contribution in [3.63, 3.8) is 0 Å². The lowest BCUT2D eigenvalue weighted by Gasteiger charge is -2.02. The first-order valence-electron chi connectivity index (χ1n) is 6.40. The Hall–Kier alpha value is -1.61. The van der Waals surface area contributed by atoms with Crippen molar-refractivity contribution >= 4 is 57.1 Å². The first kappa shape index (κ1) is 16.3. The third kappa shape index (κ3) is 4.23. The summed E-state index contributed by atoms with van der Waals surface area (Å²) in [4.78, 5) is 13.4. The summed E-state index contributed by atoms with van der Waals surface area (Å²) in [5, 5.41) is 22.6. The molecule has 9 heteroatoms. The van der Waals surface area contributed by atoms with Gasteiger partial charge in [-0.1, -0.05) is 40.8 Å². The first-order chi connectivity index (χ1) is 11.1. The number of thioether (sulfide) groups is 1. The summed E-state index contributed by atoms with van der Waals surface area (Å²) in [6.07, 6.45) is 0. The number of nitrogens with zero attached hydrogens (tertiary/aromatic N) is 2. The largest absolute Gasteiger partial charge is 0.506 e. The fraction of sp³-hybridized carbons (Fsp3) is 0.0714. The monoisotopic (exact) mass is 383 g/mol. The van der Waals surface area contributed by atoms with Crippen LogP contribution in [0.15, 0.2) is 40.1 Å². The third-order valence-corrected chi connectivity index (χ3v) is 6.14. The van der Waals surface area contributed by atoms with Gasteiger partial charge in [-0.2, -0.15) is 0 Å². The Labute approximate surface area is 149 Å². The maximum atomic E-state index is 12.1. The molecule has 0 unspecified atom stereocenters. The molecule has 0 aliphatic carbocycles. The van der Waals surface area contributed by atoms with Crippen LogP contribution in [0.4, 0.5) is 5.13 Å². The second kappa shape index (κ2) is 7.31. The lowest BCUT2D eigenvalue weighted by Crippen LogP contribution is -2.11. The van der Waals surface area contributed by atoms with Crippen molar-refractivity contribution < 1.29 is 9.90 Å². The number of nitrogens with one attached hydrogen (secondary N) is 1. The van der Waals surface area contributed by atoms with Crippen LogP contribution in [0.25, 0.3) is 0 Å².